The number of piperidine rings is 1. The van der Waals surface area contributed by atoms with Gasteiger partial charge in [0.15, 0.2) is 0 Å². The van der Waals surface area contributed by atoms with E-state index in [1.54, 1.807) is 6.07 Å². The van der Waals surface area contributed by atoms with E-state index in [2.05, 4.69) is 4.90 Å². The summed E-state index contributed by atoms with van der Waals surface area (Å²) >= 11 is 0. The minimum Gasteiger partial charge on any atom is -0.478 e. The van der Waals surface area contributed by atoms with Crippen LogP contribution in [0.15, 0.2) is 18.2 Å². The minimum atomic E-state index is -0.813. The van der Waals surface area contributed by atoms with E-state index in [4.69, 9.17) is 0 Å². The van der Waals surface area contributed by atoms with Gasteiger partial charge in [-0.25, -0.2) is 4.79 Å². The van der Waals surface area contributed by atoms with Crippen LogP contribution in [0.5, 0.6) is 0 Å². The number of carboxylic acids is 1. The molecule has 1 aromatic rings. The molecule has 1 aliphatic heterocycles. The van der Waals surface area contributed by atoms with Crippen LogP contribution in [0, 0.1) is 12.8 Å². The number of fused-ring (bicyclic) bond motifs is 2. The van der Waals surface area contributed by atoms with Gasteiger partial charge < -0.3 is 10.0 Å². The first-order valence-electron chi connectivity index (χ1n) is 6.26. The van der Waals surface area contributed by atoms with Gasteiger partial charge in [0.2, 0.25) is 0 Å². The SMILES string of the molecule is Cc1ccc(N2CC3CCC2C3)c(C(=O)O)c1. The van der Waals surface area contributed by atoms with Crippen LogP contribution in [0.1, 0.15) is 35.2 Å². The number of rotatable bonds is 2. The minimum absolute atomic E-state index is 0.456. The van der Waals surface area contributed by atoms with Gasteiger partial charge in [0.05, 0.1) is 11.3 Å². The molecular weight excluding hydrogens is 214 g/mol. The first-order valence-corrected chi connectivity index (χ1v) is 6.26. The first-order chi connectivity index (χ1) is 8.15. The molecule has 1 aromatic carbocycles. The number of carbonyl (C=O) groups is 1. The Morgan fingerprint density at radius 2 is 2.24 bits per heavy atom. The van der Waals surface area contributed by atoms with Crippen molar-refractivity contribution in [2.75, 3.05) is 11.4 Å². The molecule has 1 aliphatic carbocycles. The Balaban J connectivity index is 2.00. The molecule has 0 aromatic heterocycles. The maximum atomic E-state index is 11.3. The van der Waals surface area contributed by atoms with Crippen LogP contribution in [0.2, 0.25) is 0 Å². The molecule has 1 saturated carbocycles. The van der Waals surface area contributed by atoms with Crippen molar-refractivity contribution in [3.8, 4) is 0 Å². The average molecular weight is 231 g/mol. The second-order valence-corrected chi connectivity index (χ2v) is 5.31. The molecular formula is C14H17NO2. The summed E-state index contributed by atoms with van der Waals surface area (Å²) in [6, 6.07) is 6.33. The highest BCUT2D eigenvalue weighted by Gasteiger charge is 2.38. The zero-order valence-corrected chi connectivity index (χ0v) is 10.0. The van der Waals surface area contributed by atoms with E-state index in [1.807, 2.05) is 19.1 Å². The summed E-state index contributed by atoms with van der Waals surface area (Å²) in [5, 5.41) is 9.29. The van der Waals surface area contributed by atoms with Crippen LogP contribution in [-0.2, 0) is 0 Å². The molecule has 1 N–H and O–H groups in total. The van der Waals surface area contributed by atoms with Crippen molar-refractivity contribution in [3.05, 3.63) is 29.3 Å². The van der Waals surface area contributed by atoms with Gasteiger partial charge in [-0.05, 0) is 44.2 Å². The fourth-order valence-corrected chi connectivity index (χ4v) is 3.29. The topological polar surface area (TPSA) is 40.5 Å². The molecule has 0 radical (unpaired) electrons. The summed E-state index contributed by atoms with van der Waals surface area (Å²) in [6.07, 6.45) is 3.78. The first kappa shape index (κ1) is 10.6. The smallest absolute Gasteiger partial charge is 0.337 e. The third-order valence-electron chi connectivity index (χ3n) is 4.10. The van der Waals surface area contributed by atoms with Crippen LogP contribution in [-0.4, -0.2) is 23.7 Å². The lowest BCUT2D eigenvalue weighted by atomic mass is 10.1. The average Bonchev–Trinajstić information content (AvgIpc) is 2.90. The Hall–Kier alpha value is -1.51. The van der Waals surface area contributed by atoms with Gasteiger partial charge in [0.25, 0.3) is 0 Å². The fraction of sp³-hybridized carbons (Fsp3) is 0.500. The van der Waals surface area contributed by atoms with Gasteiger partial charge in [-0.15, -0.1) is 0 Å². The van der Waals surface area contributed by atoms with E-state index in [1.165, 1.54) is 19.3 Å². The standard InChI is InChI=1S/C14H17NO2/c1-9-2-5-13(12(6-9)14(16)17)15-8-10-3-4-11(15)7-10/h2,5-6,10-11H,3-4,7-8H2,1H3,(H,16,17). The molecule has 3 heteroatoms. The van der Waals surface area contributed by atoms with Crippen molar-refractivity contribution < 1.29 is 9.90 Å². The number of hydrogen-bond donors (Lipinski definition) is 1. The summed E-state index contributed by atoms with van der Waals surface area (Å²) in [5.74, 6) is -0.0329. The summed E-state index contributed by atoms with van der Waals surface area (Å²) in [7, 11) is 0. The van der Waals surface area contributed by atoms with Crippen molar-refractivity contribution in [2.45, 2.75) is 32.2 Å². The lowest BCUT2D eigenvalue weighted by Gasteiger charge is -2.30. The molecule has 3 nitrogen and oxygen atoms in total. The number of aromatic carboxylic acids is 1. The van der Waals surface area contributed by atoms with Crippen molar-refractivity contribution in [2.24, 2.45) is 5.92 Å². The van der Waals surface area contributed by atoms with Crippen molar-refractivity contribution >= 4 is 11.7 Å². The van der Waals surface area contributed by atoms with Gasteiger partial charge in [0, 0.05) is 12.6 Å². The molecule has 1 saturated heterocycles. The van der Waals surface area contributed by atoms with Crippen LogP contribution in [0.3, 0.4) is 0 Å². The maximum absolute atomic E-state index is 11.3. The van der Waals surface area contributed by atoms with Gasteiger partial charge in [-0.1, -0.05) is 11.6 Å². The lowest BCUT2D eigenvalue weighted by molar-refractivity contribution is 0.0697. The van der Waals surface area contributed by atoms with Gasteiger partial charge in [-0.2, -0.15) is 0 Å². The normalized spacial score (nSPS) is 26.5. The number of carboxylic acid groups (broad SMARTS) is 1. The molecule has 2 bridgehead atoms. The highest BCUT2D eigenvalue weighted by Crippen LogP contribution is 2.41. The molecule has 0 amide bonds. The Morgan fingerprint density at radius 3 is 2.82 bits per heavy atom. The molecule has 3 rings (SSSR count). The molecule has 2 unspecified atom stereocenters. The maximum Gasteiger partial charge on any atom is 0.337 e. The molecule has 0 spiro atoms. The third kappa shape index (κ3) is 1.70. The second kappa shape index (κ2) is 3.76. The van der Waals surface area contributed by atoms with Crippen molar-refractivity contribution in [1.29, 1.82) is 0 Å². The molecule has 90 valence electrons. The highest BCUT2D eigenvalue weighted by molar-refractivity contribution is 5.95. The van der Waals surface area contributed by atoms with Crippen molar-refractivity contribution in [1.82, 2.24) is 0 Å². The van der Waals surface area contributed by atoms with E-state index in [0.717, 1.165) is 23.7 Å². The molecule has 2 fully saturated rings. The number of aryl methyl sites for hydroxylation is 1. The fourth-order valence-electron chi connectivity index (χ4n) is 3.29. The molecule has 2 aliphatic rings. The summed E-state index contributed by atoms with van der Waals surface area (Å²) in [6.45, 7) is 2.97. The molecule has 1 heterocycles. The van der Waals surface area contributed by atoms with E-state index in [0.29, 0.717) is 11.6 Å². The molecule has 2 atom stereocenters. The quantitative estimate of drug-likeness (QED) is 0.850. The van der Waals surface area contributed by atoms with Crippen LogP contribution in [0.25, 0.3) is 0 Å². The van der Waals surface area contributed by atoms with Crippen molar-refractivity contribution in [3.63, 3.8) is 0 Å². The largest absolute Gasteiger partial charge is 0.478 e. The predicted molar refractivity (Wildman–Crippen MR) is 66.6 cm³/mol. The second-order valence-electron chi connectivity index (χ2n) is 5.31. The Bertz CT molecular complexity index is 469. The van der Waals surface area contributed by atoms with E-state index in [9.17, 15) is 9.90 Å². The number of nitrogens with zero attached hydrogens (tertiary/aromatic N) is 1. The number of anilines is 1. The molecule has 17 heavy (non-hydrogen) atoms. The number of hydrogen-bond acceptors (Lipinski definition) is 2. The van der Waals surface area contributed by atoms with Crippen LogP contribution < -0.4 is 4.90 Å². The van der Waals surface area contributed by atoms with Gasteiger partial charge in [0.1, 0.15) is 0 Å². The number of benzene rings is 1. The summed E-state index contributed by atoms with van der Waals surface area (Å²) in [5.41, 5.74) is 2.38. The monoisotopic (exact) mass is 231 g/mol. The van der Waals surface area contributed by atoms with Crippen LogP contribution in [0.4, 0.5) is 5.69 Å². The highest BCUT2D eigenvalue weighted by atomic mass is 16.4. The van der Waals surface area contributed by atoms with Gasteiger partial charge >= 0.3 is 5.97 Å². The zero-order valence-electron chi connectivity index (χ0n) is 10.0. The lowest BCUT2D eigenvalue weighted by Crippen LogP contribution is -2.33. The third-order valence-corrected chi connectivity index (χ3v) is 4.10. The van der Waals surface area contributed by atoms with Gasteiger partial charge in [-0.3, -0.25) is 0 Å². The van der Waals surface area contributed by atoms with Crippen LogP contribution >= 0.6 is 0 Å². The Kier molecular flexibility index (Phi) is 2.35. The predicted octanol–water partition coefficient (Wildman–Crippen LogP) is 2.68. The summed E-state index contributed by atoms with van der Waals surface area (Å²) < 4.78 is 0. The zero-order chi connectivity index (χ0) is 12.0. The Morgan fingerprint density at radius 1 is 1.41 bits per heavy atom. The van der Waals surface area contributed by atoms with E-state index < -0.39 is 5.97 Å². The van der Waals surface area contributed by atoms with E-state index in [-0.39, 0.29) is 0 Å². The summed E-state index contributed by atoms with van der Waals surface area (Å²) in [4.78, 5) is 13.6. The van der Waals surface area contributed by atoms with E-state index >= 15 is 0 Å². The Labute approximate surface area is 101 Å².